The fourth-order valence-electron chi connectivity index (χ4n) is 1.94. The molecule has 2 aromatic rings. The van der Waals surface area contributed by atoms with Gasteiger partial charge in [-0.1, -0.05) is 13.0 Å². The van der Waals surface area contributed by atoms with Gasteiger partial charge < -0.3 is 15.5 Å². The van der Waals surface area contributed by atoms with E-state index in [2.05, 4.69) is 16.9 Å². The Kier molecular flexibility index (Phi) is 3.04. The van der Waals surface area contributed by atoms with Crippen molar-refractivity contribution < 1.29 is 4.74 Å². The summed E-state index contributed by atoms with van der Waals surface area (Å²) in [5, 5.41) is 0. The SMILES string of the molecule is CCc1nc(-c2cccc(N)c2OC)[nH]c1C. The van der Waals surface area contributed by atoms with Crippen LogP contribution in [0.15, 0.2) is 18.2 Å². The summed E-state index contributed by atoms with van der Waals surface area (Å²) in [6.45, 7) is 4.11. The quantitative estimate of drug-likeness (QED) is 0.798. The van der Waals surface area contributed by atoms with Crippen LogP contribution in [-0.4, -0.2) is 17.1 Å². The van der Waals surface area contributed by atoms with Crippen molar-refractivity contribution in [1.29, 1.82) is 0 Å². The van der Waals surface area contributed by atoms with Crippen molar-refractivity contribution in [2.45, 2.75) is 20.3 Å². The summed E-state index contributed by atoms with van der Waals surface area (Å²) in [6, 6.07) is 5.67. The van der Waals surface area contributed by atoms with E-state index in [0.29, 0.717) is 11.4 Å². The number of aromatic amines is 1. The Morgan fingerprint density at radius 2 is 2.18 bits per heavy atom. The van der Waals surface area contributed by atoms with Gasteiger partial charge in [-0.05, 0) is 25.5 Å². The van der Waals surface area contributed by atoms with Crippen molar-refractivity contribution >= 4 is 5.69 Å². The molecule has 0 aliphatic carbocycles. The minimum absolute atomic E-state index is 0.622. The smallest absolute Gasteiger partial charge is 0.152 e. The molecule has 1 aromatic carbocycles. The van der Waals surface area contributed by atoms with E-state index >= 15 is 0 Å². The second-order valence-electron chi connectivity index (χ2n) is 3.94. The van der Waals surface area contributed by atoms with Crippen molar-refractivity contribution in [1.82, 2.24) is 9.97 Å². The van der Waals surface area contributed by atoms with Crippen molar-refractivity contribution in [3.05, 3.63) is 29.6 Å². The van der Waals surface area contributed by atoms with Crippen LogP contribution < -0.4 is 10.5 Å². The van der Waals surface area contributed by atoms with Crippen LogP contribution in [0.25, 0.3) is 11.4 Å². The van der Waals surface area contributed by atoms with Crippen LogP contribution in [-0.2, 0) is 6.42 Å². The lowest BCUT2D eigenvalue weighted by Gasteiger charge is -2.08. The Morgan fingerprint density at radius 1 is 1.41 bits per heavy atom. The number of ether oxygens (including phenoxy) is 1. The highest BCUT2D eigenvalue weighted by Gasteiger charge is 2.13. The first-order valence-electron chi connectivity index (χ1n) is 5.65. The van der Waals surface area contributed by atoms with Crippen LogP contribution >= 0.6 is 0 Å². The molecule has 90 valence electrons. The number of rotatable bonds is 3. The number of hydrogen-bond donors (Lipinski definition) is 2. The third-order valence-electron chi connectivity index (χ3n) is 2.83. The summed E-state index contributed by atoms with van der Waals surface area (Å²) in [6.07, 6.45) is 0.910. The number of aromatic nitrogens is 2. The standard InChI is InChI=1S/C13H17N3O/c1-4-11-8(2)15-13(16-11)9-6-5-7-10(14)12(9)17-3/h5-7H,4,14H2,1-3H3,(H,15,16). The van der Waals surface area contributed by atoms with Crippen LogP contribution in [0.1, 0.15) is 18.3 Å². The van der Waals surface area contributed by atoms with Gasteiger partial charge in [-0.3, -0.25) is 0 Å². The molecule has 0 saturated carbocycles. The van der Waals surface area contributed by atoms with Gasteiger partial charge in [0.05, 0.1) is 24.1 Å². The summed E-state index contributed by atoms with van der Waals surface area (Å²) in [5.74, 6) is 1.48. The number of nitrogen functional groups attached to an aromatic ring is 1. The Bertz CT molecular complexity index is 531. The van der Waals surface area contributed by atoms with E-state index in [1.54, 1.807) is 7.11 Å². The molecule has 0 aliphatic rings. The van der Waals surface area contributed by atoms with E-state index in [1.807, 2.05) is 25.1 Å². The van der Waals surface area contributed by atoms with Gasteiger partial charge in [-0.15, -0.1) is 0 Å². The first kappa shape index (κ1) is 11.5. The molecule has 0 aliphatic heterocycles. The normalized spacial score (nSPS) is 10.5. The van der Waals surface area contributed by atoms with Crippen LogP contribution in [0, 0.1) is 6.92 Å². The van der Waals surface area contributed by atoms with Crippen LogP contribution in [0.3, 0.4) is 0 Å². The van der Waals surface area contributed by atoms with E-state index in [4.69, 9.17) is 10.5 Å². The van der Waals surface area contributed by atoms with Crippen molar-refractivity contribution in [2.24, 2.45) is 0 Å². The Balaban J connectivity index is 2.56. The summed E-state index contributed by atoms with van der Waals surface area (Å²) in [7, 11) is 1.62. The van der Waals surface area contributed by atoms with E-state index in [-0.39, 0.29) is 0 Å². The van der Waals surface area contributed by atoms with E-state index in [0.717, 1.165) is 29.2 Å². The number of nitrogens with two attached hydrogens (primary N) is 1. The van der Waals surface area contributed by atoms with Gasteiger partial charge in [0.25, 0.3) is 0 Å². The second kappa shape index (κ2) is 4.49. The summed E-state index contributed by atoms with van der Waals surface area (Å²) < 4.78 is 5.33. The molecule has 0 unspecified atom stereocenters. The Hall–Kier alpha value is -1.97. The fraction of sp³-hybridized carbons (Fsp3) is 0.308. The van der Waals surface area contributed by atoms with E-state index in [1.165, 1.54) is 0 Å². The number of H-pyrrole nitrogens is 1. The highest BCUT2D eigenvalue weighted by Crippen LogP contribution is 2.33. The molecule has 0 amide bonds. The highest BCUT2D eigenvalue weighted by molar-refractivity contribution is 5.73. The average Bonchev–Trinajstić information content (AvgIpc) is 2.70. The maximum atomic E-state index is 5.88. The number of hydrogen-bond acceptors (Lipinski definition) is 3. The molecule has 0 fully saturated rings. The second-order valence-corrected chi connectivity index (χ2v) is 3.94. The monoisotopic (exact) mass is 231 g/mol. The molecule has 0 bridgehead atoms. The van der Waals surface area contributed by atoms with E-state index < -0.39 is 0 Å². The first-order chi connectivity index (χ1) is 8.17. The number of aryl methyl sites for hydroxylation is 2. The lowest BCUT2D eigenvalue weighted by atomic mass is 10.1. The molecule has 4 nitrogen and oxygen atoms in total. The number of methoxy groups -OCH3 is 1. The van der Waals surface area contributed by atoms with Gasteiger partial charge >= 0.3 is 0 Å². The third-order valence-corrected chi connectivity index (χ3v) is 2.83. The molecule has 4 heteroatoms. The molecule has 2 rings (SSSR count). The van der Waals surface area contributed by atoms with Crippen molar-refractivity contribution in [2.75, 3.05) is 12.8 Å². The zero-order valence-electron chi connectivity index (χ0n) is 10.4. The third kappa shape index (κ3) is 1.98. The highest BCUT2D eigenvalue weighted by atomic mass is 16.5. The van der Waals surface area contributed by atoms with Gasteiger partial charge in [0.1, 0.15) is 5.82 Å². The van der Waals surface area contributed by atoms with Gasteiger partial charge in [0, 0.05) is 5.69 Å². The average molecular weight is 231 g/mol. The predicted octanol–water partition coefficient (Wildman–Crippen LogP) is 2.54. The molecule has 0 radical (unpaired) electrons. The summed E-state index contributed by atoms with van der Waals surface area (Å²) in [4.78, 5) is 7.82. The van der Waals surface area contributed by atoms with Crippen molar-refractivity contribution in [3.63, 3.8) is 0 Å². The Labute approximate surface area is 101 Å². The molecule has 0 atom stereocenters. The largest absolute Gasteiger partial charge is 0.494 e. The number of imidazole rings is 1. The Morgan fingerprint density at radius 3 is 2.76 bits per heavy atom. The molecule has 1 heterocycles. The fourth-order valence-corrected chi connectivity index (χ4v) is 1.94. The zero-order valence-corrected chi connectivity index (χ0v) is 10.4. The predicted molar refractivity (Wildman–Crippen MR) is 69.1 cm³/mol. The van der Waals surface area contributed by atoms with Gasteiger partial charge in [-0.25, -0.2) is 4.98 Å². The molecule has 0 saturated heterocycles. The summed E-state index contributed by atoms with van der Waals surface area (Å²) >= 11 is 0. The number of benzene rings is 1. The van der Waals surface area contributed by atoms with Crippen LogP contribution in [0.4, 0.5) is 5.69 Å². The zero-order chi connectivity index (χ0) is 12.4. The minimum Gasteiger partial charge on any atom is -0.494 e. The molecule has 3 N–H and O–H groups in total. The topological polar surface area (TPSA) is 63.9 Å². The minimum atomic E-state index is 0.622. The number of anilines is 1. The number of nitrogens with zero attached hydrogens (tertiary/aromatic N) is 1. The molecule has 1 aromatic heterocycles. The lowest BCUT2D eigenvalue weighted by Crippen LogP contribution is -1.95. The first-order valence-corrected chi connectivity index (χ1v) is 5.65. The van der Waals surface area contributed by atoms with Gasteiger partial charge in [-0.2, -0.15) is 0 Å². The van der Waals surface area contributed by atoms with Crippen molar-refractivity contribution in [3.8, 4) is 17.1 Å². The van der Waals surface area contributed by atoms with E-state index in [9.17, 15) is 0 Å². The maximum absolute atomic E-state index is 5.88. The number of nitrogens with one attached hydrogen (secondary N) is 1. The maximum Gasteiger partial charge on any atom is 0.152 e. The number of para-hydroxylation sites is 1. The van der Waals surface area contributed by atoms with Crippen LogP contribution in [0.5, 0.6) is 5.75 Å². The molecular formula is C13H17N3O. The van der Waals surface area contributed by atoms with Crippen LogP contribution in [0.2, 0.25) is 0 Å². The molecule has 17 heavy (non-hydrogen) atoms. The molecular weight excluding hydrogens is 214 g/mol. The lowest BCUT2D eigenvalue weighted by molar-refractivity contribution is 0.418. The molecule has 0 spiro atoms. The summed E-state index contributed by atoms with van der Waals surface area (Å²) in [5.41, 5.74) is 9.56. The van der Waals surface area contributed by atoms with Gasteiger partial charge in [0.2, 0.25) is 0 Å². The van der Waals surface area contributed by atoms with Gasteiger partial charge in [0.15, 0.2) is 5.75 Å².